The Labute approximate surface area is 226 Å². The van der Waals surface area contributed by atoms with E-state index in [2.05, 4.69) is 10.6 Å². The van der Waals surface area contributed by atoms with Crippen molar-refractivity contribution in [3.05, 3.63) is 29.8 Å². The van der Waals surface area contributed by atoms with E-state index in [9.17, 15) is 24.3 Å². The first kappa shape index (κ1) is 32.7. The molecule has 0 aliphatic heterocycles. The van der Waals surface area contributed by atoms with Gasteiger partial charge in [-0.3, -0.25) is 14.4 Å². The van der Waals surface area contributed by atoms with Gasteiger partial charge in [0.2, 0.25) is 17.7 Å². The average Bonchev–Trinajstić information content (AvgIpc) is 2.78. The van der Waals surface area contributed by atoms with Gasteiger partial charge in [0.25, 0.3) is 0 Å². The van der Waals surface area contributed by atoms with Gasteiger partial charge in [0.15, 0.2) is 0 Å². The summed E-state index contributed by atoms with van der Waals surface area (Å²) in [5.41, 5.74) is 4.09. The SMILES string of the molecule is CCCC(C)NC(=O)C(c1cccc(O)c1)N(C(=O)C(CCC(N)=O)NC(=O)OC(C)(C)C)C(C)(C)CC. The lowest BCUT2D eigenvalue weighted by atomic mass is 9.91. The summed E-state index contributed by atoms with van der Waals surface area (Å²) in [6.07, 6.45) is 1.000. The summed E-state index contributed by atoms with van der Waals surface area (Å²) < 4.78 is 5.36. The Hall–Kier alpha value is -3.30. The molecule has 1 aromatic carbocycles. The van der Waals surface area contributed by atoms with Crippen molar-refractivity contribution >= 4 is 23.8 Å². The van der Waals surface area contributed by atoms with Gasteiger partial charge < -0.3 is 31.1 Å². The molecule has 4 amide bonds. The maximum atomic E-state index is 14.2. The minimum Gasteiger partial charge on any atom is -0.508 e. The number of phenolic OH excluding ortho intramolecular Hbond substituents is 1. The average molecular weight is 535 g/mol. The van der Waals surface area contributed by atoms with E-state index >= 15 is 0 Å². The number of hydrogen-bond donors (Lipinski definition) is 4. The van der Waals surface area contributed by atoms with E-state index in [1.54, 1.807) is 32.9 Å². The number of rotatable bonds is 13. The first-order valence-electron chi connectivity index (χ1n) is 13.2. The normalized spacial score (nSPS) is 14.1. The van der Waals surface area contributed by atoms with Gasteiger partial charge in [-0.25, -0.2) is 4.79 Å². The van der Waals surface area contributed by atoms with Crippen LogP contribution in [0, 0.1) is 0 Å². The molecule has 214 valence electrons. The molecule has 1 aromatic rings. The fourth-order valence-corrected chi connectivity index (χ4v) is 4.05. The number of phenols is 1. The van der Waals surface area contributed by atoms with Crippen molar-refractivity contribution in [2.45, 2.75) is 117 Å². The van der Waals surface area contributed by atoms with Crippen molar-refractivity contribution in [1.29, 1.82) is 0 Å². The molecule has 0 bridgehead atoms. The van der Waals surface area contributed by atoms with Crippen LogP contribution in [0.2, 0.25) is 0 Å². The van der Waals surface area contributed by atoms with Crippen LogP contribution in [0.3, 0.4) is 0 Å². The number of carbonyl (C=O) groups excluding carboxylic acids is 4. The van der Waals surface area contributed by atoms with E-state index in [0.717, 1.165) is 12.8 Å². The lowest BCUT2D eigenvalue weighted by molar-refractivity contribution is -0.149. The Balaban J connectivity index is 3.65. The number of aromatic hydroxyl groups is 1. The quantitative estimate of drug-likeness (QED) is 0.301. The predicted molar refractivity (Wildman–Crippen MR) is 146 cm³/mol. The lowest BCUT2D eigenvalue weighted by Crippen LogP contribution is -2.59. The van der Waals surface area contributed by atoms with Crippen LogP contribution < -0.4 is 16.4 Å². The minimum absolute atomic E-state index is 0.0548. The molecule has 5 N–H and O–H groups in total. The summed E-state index contributed by atoms with van der Waals surface area (Å²) in [6, 6.07) is 3.73. The Kier molecular flexibility index (Phi) is 12.1. The summed E-state index contributed by atoms with van der Waals surface area (Å²) in [6.45, 7) is 14.5. The van der Waals surface area contributed by atoms with Crippen LogP contribution in [-0.2, 0) is 19.1 Å². The van der Waals surface area contributed by atoms with E-state index in [4.69, 9.17) is 10.5 Å². The Bertz CT molecular complexity index is 972. The summed E-state index contributed by atoms with van der Waals surface area (Å²) in [4.78, 5) is 53.7. The third-order valence-corrected chi connectivity index (χ3v) is 6.23. The maximum Gasteiger partial charge on any atom is 0.408 e. The van der Waals surface area contributed by atoms with Gasteiger partial charge >= 0.3 is 6.09 Å². The van der Waals surface area contributed by atoms with Gasteiger partial charge in [-0.1, -0.05) is 32.4 Å². The predicted octanol–water partition coefficient (Wildman–Crippen LogP) is 3.91. The molecule has 0 saturated carbocycles. The van der Waals surface area contributed by atoms with Gasteiger partial charge in [0.05, 0.1) is 0 Å². The number of nitrogens with one attached hydrogen (secondary N) is 2. The van der Waals surface area contributed by atoms with Gasteiger partial charge in [-0.2, -0.15) is 0 Å². The zero-order chi connectivity index (χ0) is 29.3. The van der Waals surface area contributed by atoms with Gasteiger partial charge in [-0.15, -0.1) is 0 Å². The molecule has 38 heavy (non-hydrogen) atoms. The molecule has 0 fully saturated rings. The second kappa shape index (κ2) is 14.0. The van der Waals surface area contributed by atoms with Crippen LogP contribution in [0.4, 0.5) is 4.79 Å². The molecule has 0 aliphatic rings. The number of amides is 4. The number of nitrogens with two attached hydrogens (primary N) is 1. The summed E-state index contributed by atoms with van der Waals surface area (Å²) in [7, 11) is 0. The molecule has 0 aliphatic carbocycles. The lowest BCUT2D eigenvalue weighted by Gasteiger charge is -2.45. The Morgan fingerprint density at radius 3 is 2.18 bits per heavy atom. The number of benzene rings is 1. The van der Waals surface area contributed by atoms with Crippen LogP contribution in [0.5, 0.6) is 5.75 Å². The van der Waals surface area contributed by atoms with Crippen molar-refractivity contribution in [1.82, 2.24) is 15.5 Å². The molecule has 3 atom stereocenters. The summed E-state index contributed by atoms with van der Waals surface area (Å²) >= 11 is 0. The van der Waals surface area contributed by atoms with E-state index in [1.165, 1.54) is 17.0 Å². The second-order valence-electron chi connectivity index (χ2n) is 11.3. The van der Waals surface area contributed by atoms with Crippen molar-refractivity contribution in [3.63, 3.8) is 0 Å². The summed E-state index contributed by atoms with van der Waals surface area (Å²) in [5, 5.41) is 15.8. The smallest absolute Gasteiger partial charge is 0.408 e. The molecule has 0 aromatic heterocycles. The highest BCUT2D eigenvalue weighted by Gasteiger charge is 2.43. The number of hydrogen-bond acceptors (Lipinski definition) is 6. The number of carbonyl (C=O) groups is 4. The minimum atomic E-state index is -1.19. The van der Waals surface area contributed by atoms with E-state index < -0.39 is 47.0 Å². The first-order valence-corrected chi connectivity index (χ1v) is 13.2. The Morgan fingerprint density at radius 1 is 1.05 bits per heavy atom. The van der Waals surface area contributed by atoms with E-state index in [1.807, 2.05) is 34.6 Å². The monoisotopic (exact) mass is 534 g/mol. The first-order chi connectivity index (χ1) is 17.5. The van der Waals surface area contributed by atoms with Crippen molar-refractivity contribution in [2.24, 2.45) is 5.73 Å². The Morgan fingerprint density at radius 2 is 1.68 bits per heavy atom. The maximum absolute atomic E-state index is 14.2. The number of primary amides is 1. The van der Waals surface area contributed by atoms with Gasteiger partial charge in [0, 0.05) is 18.0 Å². The molecule has 0 spiro atoms. The summed E-state index contributed by atoms with van der Waals surface area (Å²) in [5.74, 6) is -1.68. The standard InChI is InChI=1S/C28H46N4O6/c1-9-12-18(3)30-24(35)23(19-13-11-14-20(33)17-19)32(28(7,8)10-2)25(36)21(15-16-22(29)34)31-26(37)38-27(4,5)6/h11,13-14,17-18,21,23,33H,9-10,12,15-16H2,1-8H3,(H2,29,34)(H,30,35)(H,31,37). The zero-order valence-electron chi connectivity index (χ0n) is 24.1. The van der Waals surface area contributed by atoms with Crippen molar-refractivity contribution < 1.29 is 29.0 Å². The molecule has 0 heterocycles. The van der Waals surface area contributed by atoms with Crippen molar-refractivity contribution in [3.8, 4) is 5.75 Å². The zero-order valence-corrected chi connectivity index (χ0v) is 24.1. The largest absolute Gasteiger partial charge is 0.508 e. The molecule has 1 rings (SSSR count). The van der Waals surface area contributed by atoms with E-state index in [-0.39, 0.29) is 24.6 Å². The highest BCUT2D eigenvalue weighted by molar-refractivity contribution is 5.93. The van der Waals surface area contributed by atoms with Crippen LogP contribution >= 0.6 is 0 Å². The fraction of sp³-hybridized carbons (Fsp3) is 0.643. The fourth-order valence-electron chi connectivity index (χ4n) is 4.05. The molecule has 0 radical (unpaired) electrons. The van der Waals surface area contributed by atoms with Gasteiger partial charge in [-0.05, 0) is 78.5 Å². The number of alkyl carbamates (subject to hydrolysis) is 1. The van der Waals surface area contributed by atoms with Crippen LogP contribution in [-0.4, -0.2) is 57.0 Å². The third kappa shape index (κ3) is 10.2. The topological polar surface area (TPSA) is 151 Å². The highest BCUT2D eigenvalue weighted by atomic mass is 16.6. The molecule has 10 heteroatoms. The number of nitrogens with zero attached hydrogens (tertiary/aromatic N) is 1. The number of ether oxygens (including phenoxy) is 1. The van der Waals surface area contributed by atoms with E-state index in [0.29, 0.717) is 12.0 Å². The third-order valence-electron chi connectivity index (χ3n) is 6.23. The molecule has 3 unspecified atom stereocenters. The van der Waals surface area contributed by atoms with Crippen LogP contribution in [0.1, 0.15) is 99.1 Å². The molecular weight excluding hydrogens is 488 g/mol. The molecule has 0 saturated heterocycles. The van der Waals surface area contributed by atoms with Crippen LogP contribution in [0.25, 0.3) is 0 Å². The van der Waals surface area contributed by atoms with Crippen LogP contribution in [0.15, 0.2) is 24.3 Å². The molecular formula is C28H46N4O6. The highest BCUT2D eigenvalue weighted by Crippen LogP contribution is 2.34. The van der Waals surface area contributed by atoms with Crippen molar-refractivity contribution in [2.75, 3.05) is 0 Å². The van der Waals surface area contributed by atoms with Gasteiger partial charge in [0.1, 0.15) is 23.4 Å². The molecule has 10 nitrogen and oxygen atoms in total. The second-order valence-corrected chi connectivity index (χ2v) is 11.3.